The van der Waals surface area contributed by atoms with Gasteiger partial charge in [-0.05, 0) is 38.0 Å². The maximum Gasteiger partial charge on any atom is 0.227 e. The van der Waals surface area contributed by atoms with E-state index < -0.39 is 0 Å². The molecule has 3 aromatic rings. The molecule has 0 amide bonds. The van der Waals surface area contributed by atoms with Crippen LogP contribution in [0.25, 0.3) is 11.2 Å². The largest absolute Gasteiger partial charge is 0.350 e. The van der Waals surface area contributed by atoms with E-state index in [-0.39, 0.29) is 12.1 Å². The van der Waals surface area contributed by atoms with E-state index in [4.69, 9.17) is 33.9 Å². The zero-order chi connectivity index (χ0) is 19.7. The normalized spacial score (nSPS) is 19.7. The van der Waals surface area contributed by atoms with Gasteiger partial charge in [0.15, 0.2) is 17.0 Å². The molecule has 1 aromatic carbocycles. The number of nitrogens with zero attached hydrogens (tertiary/aromatic N) is 4. The smallest absolute Gasteiger partial charge is 0.227 e. The van der Waals surface area contributed by atoms with Gasteiger partial charge in [0, 0.05) is 24.3 Å². The Morgan fingerprint density at radius 1 is 1.18 bits per heavy atom. The molecular weight excluding hydrogens is 397 g/mol. The lowest BCUT2D eigenvalue weighted by molar-refractivity contribution is 0.402. The molecular formula is C19H23Cl2N7. The third-order valence-electron chi connectivity index (χ3n) is 5.12. The molecule has 2 aromatic heterocycles. The average molecular weight is 420 g/mol. The van der Waals surface area contributed by atoms with Crippen molar-refractivity contribution in [3.8, 4) is 0 Å². The lowest BCUT2D eigenvalue weighted by Crippen LogP contribution is -2.43. The van der Waals surface area contributed by atoms with E-state index in [9.17, 15) is 0 Å². The first-order valence-corrected chi connectivity index (χ1v) is 10.3. The number of aromatic nitrogens is 4. The summed E-state index contributed by atoms with van der Waals surface area (Å²) in [4.78, 5) is 13.9. The van der Waals surface area contributed by atoms with Crippen molar-refractivity contribution in [2.75, 3.05) is 10.6 Å². The first kappa shape index (κ1) is 19.2. The fourth-order valence-electron chi connectivity index (χ4n) is 3.54. The van der Waals surface area contributed by atoms with Gasteiger partial charge in [-0.15, -0.1) is 0 Å². The van der Waals surface area contributed by atoms with Gasteiger partial charge >= 0.3 is 0 Å². The van der Waals surface area contributed by atoms with Crippen LogP contribution in [0, 0.1) is 0 Å². The molecule has 0 radical (unpaired) electrons. The number of aryl methyl sites for hydroxylation is 1. The Morgan fingerprint density at radius 3 is 2.75 bits per heavy atom. The maximum absolute atomic E-state index is 6.29. The molecule has 4 N–H and O–H groups in total. The molecule has 0 aliphatic heterocycles. The van der Waals surface area contributed by atoms with Gasteiger partial charge in [0.25, 0.3) is 0 Å². The summed E-state index contributed by atoms with van der Waals surface area (Å²) in [6.45, 7) is 2.82. The van der Waals surface area contributed by atoms with E-state index in [0.29, 0.717) is 27.3 Å². The van der Waals surface area contributed by atoms with Crippen LogP contribution in [0.3, 0.4) is 0 Å². The zero-order valence-corrected chi connectivity index (χ0v) is 17.1. The predicted octanol–water partition coefficient (Wildman–Crippen LogP) is 4.58. The van der Waals surface area contributed by atoms with Crippen molar-refractivity contribution in [1.82, 2.24) is 19.5 Å². The summed E-state index contributed by atoms with van der Waals surface area (Å²) in [7, 11) is 0. The number of halogens is 2. The Labute approximate surface area is 173 Å². The fourth-order valence-corrected chi connectivity index (χ4v) is 3.84. The van der Waals surface area contributed by atoms with Crippen molar-refractivity contribution in [2.24, 2.45) is 5.73 Å². The summed E-state index contributed by atoms with van der Waals surface area (Å²) in [5.74, 6) is 1.16. The highest BCUT2D eigenvalue weighted by molar-refractivity contribution is 6.42. The molecule has 7 nitrogen and oxygen atoms in total. The van der Waals surface area contributed by atoms with Crippen LogP contribution in [-0.2, 0) is 6.54 Å². The number of imidazole rings is 1. The molecule has 4 rings (SSSR count). The van der Waals surface area contributed by atoms with Crippen molar-refractivity contribution in [3.63, 3.8) is 0 Å². The summed E-state index contributed by atoms with van der Waals surface area (Å²) in [5, 5.41) is 7.71. The second-order valence-corrected chi connectivity index (χ2v) is 7.87. The third-order valence-corrected chi connectivity index (χ3v) is 5.86. The Morgan fingerprint density at radius 2 is 2.00 bits per heavy atom. The minimum atomic E-state index is 0.107. The molecule has 0 spiro atoms. The average Bonchev–Trinajstić information content (AvgIpc) is 3.10. The van der Waals surface area contributed by atoms with Gasteiger partial charge in [-0.25, -0.2) is 4.98 Å². The SMILES string of the molecule is CCn1cnc2c(Nc3ccc(Cl)c(Cl)c3)nc(N[C@@H]3CCCC[C@@H]3N)nc21. The molecule has 9 heteroatoms. The first-order chi connectivity index (χ1) is 13.5. The molecule has 1 saturated carbocycles. The number of hydrogen-bond donors (Lipinski definition) is 3. The van der Waals surface area contributed by atoms with Gasteiger partial charge in [0.05, 0.1) is 16.4 Å². The van der Waals surface area contributed by atoms with E-state index >= 15 is 0 Å². The molecule has 0 bridgehead atoms. The lowest BCUT2D eigenvalue weighted by atomic mass is 9.91. The number of fused-ring (bicyclic) bond motifs is 1. The lowest BCUT2D eigenvalue weighted by Gasteiger charge is -2.29. The second kappa shape index (κ2) is 8.11. The Kier molecular flexibility index (Phi) is 5.57. The minimum Gasteiger partial charge on any atom is -0.350 e. The molecule has 2 atom stereocenters. The zero-order valence-electron chi connectivity index (χ0n) is 15.6. The number of rotatable bonds is 5. The van der Waals surface area contributed by atoms with E-state index in [1.807, 2.05) is 10.6 Å². The molecule has 28 heavy (non-hydrogen) atoms. The Hall–Kier alpha value is -2.09. The molecule has 0 saturated heterocycles. The van der Waals surface area contributed by atoms with Crippen molar-refractivity contribution in [1.29, 1.82) is 0 Å². The molecule has 0 unspecified atom stereocenters. The molecule has 148 valence electrons. The first-order valence-electron chi connectivity index (χ1n) is 9.52. The molecule has 1 aliphatic rings. The van der Waals surface area contributed by atoms with Crippen LogP contribution in [-0.4, -0.2) is 31.6 Å². The van der Waals surface area contributed by atoms with Crippen molar-refractivity contribution >= 4 is 51.8 Å². The summed E-state index contributed by atoms with van der Waals surface area (Å²) < 4.78 is 1.99. The van der Waals surface area contributed by atoms with Crippen molar-refractivity contribution in [3.05, 3.63) is 34.6 Å². The van der Waals surface area contributed by atoms with Crippen LogP contribution in [0.5, 0.6) is 0 Å². The maximum atomic E-state index is 6.29. The summed E-state index contributed by atoms with van der Waals surface area (Å²) in [5.41, 5.74) is 8.54. The van der Waals surface area contributed by atoms with Gasteiger partial charge in [-0.3, -0.25) is 0 Å². The number of anilines is 3. The number of nitrogens with one attached hydrogen (secondary N) is 2. The highest BCUT2D eigenvalue weighted by atomic mass is 35.5. The van der Waals surface area contributed by atoms with Crippen LogP contribution < -0.4 is 16.4 Å². The van der Waals surface area contributed by atoms with Crippen molar-refractivity contribution in [2.45, 2.75) is 51.2 Å². The third kappa shape index (κ3) is 3.87. The number of hydrogen-bond acceptors (Lipinski definition) is 6. The van der Waals surface area contributed by atoms with E-state index in [2.05, 4.69) is 27.5 Å². The topological polar surface area (TPSA) is 93.7 Å². The van der Waals surface area contributed by atoms with E-state index in [1.165, 1.54) is 6.42 Å². The second-order valence-electron chi connectivity index (χ2n) is 7.05. The predicted molar refractivity (Wildman–Crippen MR) is 115 cm³/mol. The van der Waals surface area contributed by atoms with Crippen LogP contribution in [0.2, 0.25) is 10.0 Å². The van der Waals surface area contributed by atoms with Gasteiger partial charge in [0.2, 0.25) is 5.95 Å². The Bertz CT molecular complexity index is 988. The summed E-state index contributed by atoms with van der Waals surface area (Å²) >= 11 is 12.2. The van der Waals surface area contributed by atoms with Gasteiger partial charge in [0.1, 0.15) is 0 Å². The van der Waals surface area contributed by atoms with Gasteiger partial charge in [-0.1, -0.05) is 36.0 Å². The van der Waals surface area contributed by atoms with Crippen LogP contribution >= 0.6 is 23.2 Å². The van der Waals surface area contributed by atoms with E-state index in [0.717, 1.165) is 37.1 Å². The quantitative estimate of drug-likeness (QED) is 0.560. The van der Waals surface area contributed by atoms with Gasteiger partial charge in [-0.2, -0.15) is 9.97 Å². The summed E-state index contributed by atoms with van der Waals surface area (Å²) in [6.07, 6.45) is 6.14. The highest BCUT2D eigenvalue weighted by Gasteiger charge is 2.23. The molecule has 1 aliphatic carbocycles. The fraction of sp³-hybridized carbons (Fsp3) is 0.421. The molecule has 2 heterocycles. The summed E-state index contributed by atoms with van der Waals surface area (Å²) in [6, 6.07) is 5.63. The molecule has 1 fully saturated rings. The van der Waals surface area contributed by atoms with Crippen LogP contribution in [0.1, 0.15) is 32.6 Å². The number of benzene rings is 1. The van der Waals surface area contributed by atoms with Gasteiger partial charge < -0.3 is 20.9 Å². The monoisotopic (exact) mass is 419 g/mol. The Balaban J connectivity index is 1.71. The van der Waals surface area contributed by atoms with Crippen molar-refractivity contribution < 1.29 is 0 Å². The minimum absolute atomic E-state index is 0.107. The standard InChI is InChI=1S/C19H23Cl2N7/c1-2-28-10-23-16-17(24-11-7-8-12(20)13(21)9-11)26-19(27-18(16)28)25-15-6-4-3-5-14(15)22/h7-10,14-15H,2-6,22H2,1H3,(H2,24,25,26,27)/t14-,15+/m0/s1. The van der Waals surface area contributed by atoms with Crippen LogP contribution in [0.4, 0.5) is 17.5 Å². The van der Waals surface area contributed by atoms with E-state index in [1.54, 1.807) is 18.5 Å². The number of nitrogens with two attached hydrogens (primary N) is 1. The van der Waals surface area contributed by atoms with Crippen LogP contribution in [0.15, 0.2) is 24.5 Å². The highest BCUT2D eigenvalue weighted by Crippen LogP contribution is 2.29.